The van der Waals surface area contributed by atoms with Crippen molar-refractivity contribution in [2.24, 2.45) is 0 Å². The third-order valence-electron chi connectivity index (χ3n) is 3.14. The maximum absolute atomic E-state index is 9.08. The first-order chi connectivity index (χ1) is 9.24. The molecular weight excluding hydrogens is 248 g/mol. The van der Waals surface area contributed by atoms with E-state index in [-0.39, 0.29) is 17.5 Å². The van der Waals surface area contributed by atoms with Crippen LogP contribution in [0.4, 0.5) is 0 Å². The molecule has 1 atom stereocenters. The highest BCUT2D eigenvalue weighted by Crippen LogP contribution is 2.27. The van der Waals surface area contributed by atoms with Gasteiger partial charge >= 0.3 is 0 Å². The number of aryl methyl sites for hydroxylation is 1. The molecule has 110 valence electrons. The summed E-state index contributed by atoms with van der Waals surface area (Å²) >= 11 is 0. The van der Waals surface area contributed by atoms with Gasteiger partial charge in [-0.2, -0.15) is 5.26 Å². The van der Waals surface area contributed by atoms with Crippen LogP contribution >= 0.6 is 0 Å². The molecular formula is C17H26N2O. The van der Waals surface area contributed by atoms with Gasteiger partial charge in [0.1, 0.15) is 18.4 Å². The van der Waals surface area contributed by atoms with Crippen LogP contribution in [-0.2, 0) is 5.41 Å². The molecule has 0 bridgehead atoms. The summed E-state index contributed by atoms with van der Waals surface area (Å²) in [5.41, 5.74) is 2.54. The Morgan fingerprint density at radius 1 is 1.30 bits per heavy atom. The fourth-order valence-corrected chi connectivity index (χ4v) is 1.98. The SMILES string of the molecule is Cc1cc(C(C)(C)C)ccc1OCC(C#N)NC(C)C. The summed E-state index contributed by atoms with van der Waals surface area (Å²) in [6.45, 7) is 13.0. The molecule has 0 aliphatic rings. The fraction of sp³-hybridized carbons (Fsp3) is 0.588. The van der Waals surface area contributed by atoms with E-state index in [1.807, 2.05) is 26.8 Å². The van der Waals surface area contributed by atoms with Gasteiger partial charge in [-0.05, 0) is 43.4 Å². The molecule has 20 heavy (non-hydrogen) atoms. The zero-order chi connectivity index (χ0) is 15.3. The van der Waals surface area contributed by atoms with Crippen LogP contribution in [0.25, 0.3) is 0 Å². The van der Waals surface area contributed by atoms with Gasteiger partial charge in [-0.1, -0.05) is 32.9 Å². The van der Waals surface area contributed by atoms with Gasteiger partial charge in [-0.15, -0.1) is 0 Å². The summed E-state index contributed by atoms with van der Waals surface area (Å²) in [5.74, 6) is 0.851. The first kappa shape index (κ1) is 16.5. The Morgan fingerprint density at radius 3 is 2.40 bits per heavy atom. The maximum Gasteiger partial charge on any atom is 0.130 e. The van der Waals surface area contributed by atoms with Gasteiger partial charge in [0.05, 0.1) is 6.07 Å². The monoisotopic (exact) mass is 274 g/mol. The minimum atomic E-state index is -0.281. The minimum Gasteiger partial charge on any atom is -0.491 e. The normalized spacial score (nSPS) is 13.1. The number of nitrogens with one attached hydrogen (secondary N) is 1. The van der Waals surface area contributed by atoms with Gasteiger partial charge in [0.25, 0.3) is 0 Å². The molecule has 0 heterocycles. The molecule has 1 rings (SSSR count). The molecule has 0 radical (unpaired) electrons. The predicted octanol–water partition coefficient (Wildman–Crippen LogP) is 3.56. The second-order valence-electron chi connectivity index (χ2n) is 6.54. The largest absolute Gasteiger partial charge is 0.491 e. The second kappa shape index (κ2) is 6.76. The Morgan fingerprint density at radius 2 is 1.95 bits per heavy atom. The van der Waals surface area contributed by atoms with Gasteiger partial charge in [-0.3, -0.25) is 5.32 Å². The fourth-order valence-electron chi connectivity index (χ4n) is 1.98. The van der Waals surface area contributed by atoms with Crippen molar-refractivity contribution in [2.75, 3.05) is 6.61 Å². The summed E-state index contributed by atoms with van der Waals surface area (Å²) in [5, 5.41) is 12.2. The highest BCUT2D eigenvalue weighted by atomic mass is 16.5. The topological polar surface area (TPSA) is 45.0 Å². The molecule has 1 unspecified atom stereocenters. The number of ether oxygens (including phenoxy) is 1. The van der Waals surface area contributed by atoms with Crippen LogP contribution in [0.5, 0.6) is 5.75 Å². The van der Waals surface area contributed by atoms with Crippen LogP contribution in [0, 0.1) is 18.3 Å². The van der Waals surface area contributed by atoms with Crippen molar-refractivity contribution in [3.63, 3.8) is 0 Å². The van der Waals surface area contributed by atoms with E-state index in [4.69, 9.17) is 10.00 Å². The number of nitriles is 1. The Kier molecular flexibility index (Phi) is 5.59. The smallest absolute Gasteiger partial charge is 0.130 e. The molecule has 0 aliphatic heterocycles. The molecule has 1 N–H and O–H groups in total. The number of hydrogen-bond donors (Lipinski definition) is 1. The molecule has 0 aromatic heterocycles. The van der Waals surface area contributed by atoms with Gasteiger partial charge in [0.15, 0.2) is 0 Å². The number of rotatable bonds is 5. The lowest BCUT2D eigenvalue weighted by atomic mass is 9.86. The average Bonchev–Trinajstić information content (AvgIpc) is 2.33. The van der Waals surface area contributed by atoms with Crippen LogP contribution in [0.2, 0.25) is 0 Å². The van der Waals surface area contributed by atoms with Gasteiger partial charge < -0.3 is 4.74 Å². The lowest BCUT2D eigenvalue weighted by Gasteiger charge is -2.21. The van der Waals surface area contributed by atoms with Crippen molar-refractivity contribution >= 4 is 0 Å². The van der Waals surface area contributed by atoms with E-state index in [9.17, 15) is 0 Å². The van der Waals surface area contributed by atoms with Crippen LogP contribution in [0.1, 0.15) is 45.7 Å². The molecule has 0 spiro atoms. The van der Waals surface area contributed by atoms with E-state index in [1.54, 1.807) is 0 Å². The lowest BCUT2D eigenvalue weighted by Crippen LogP contribution is -2.38. The zero-order valence-corrected chi connectivity index (χ0v) is 13.4. The van der Waals surface area contributed by atoms with Crippen molar-refractivity contribution in [2.45, 2.75) is 59.0 Å². The minimum absolute atomic E-state index is 0.137. The van der Waals surface area contributed by atoms with Gasteiger partial charge in [0, 0.05) is 6.04 Å². The molecule has 1 aromatic carbocycles. The molecule has 0 amide bonds. The third-order valence-corrected chi connectivity index (χ3v) is 3.14. The standard InChI is InChI=1S/C17H26N2O/c1-12(2)19-15(10-18)11-20-16-8-7-14(9-13(16)3)17(4,5)6/h7-9,12,15,19H,11H2,1-6H3. The van der Waals surface area contributed by atoms with Crippen molar-refractivity contribution in [1.29, 1.82) is 5.26 Å². The highest BCUT2D eigenvalue weighted by Gasteiger charge is 2.15. The molecule has 0 aliphatic carbocycles. The summed E-state index contributed by atoms with van der Waals surface area (Å²) in [6.07, 6.45) is 0. The Bertz CT molecular complexity index is 481. The van der Waals surface area contributed by atoms with E-state index in [0.717, 1.165) is 11.3 Å². The van der Waals surface area contributed by atoms with E-state index in [2.05, 4.69) is 44.3 Å². The van der Waals surface area contributed by atoms with E-state index in [0.29, 0.717) is 6.61 Å². The lowest BCUT2D eigenvalue weighted by molar-refractivity contribution is 0.280. The second-order valence-corrected chi connectivity index (χ2v) is 6.54. The molecule has 0 fully saturated rings. The van der Waals surface area contributed by atoms with Crippen molar-refractivity contribution < 1.29 is 4.74 Å². The van der Waals surface area contributed by atoms with Crippen LogP contribution < -0.4 is 10.1 Å². The Labute approximate surface area is 123 Å². The molecule has 0 saturated carbocycles. The van der Waals surface area contributed by atoms with Crippen LogP contribution in [0.15, 0.2) is 18.2 Å². The highest BCUT2D eigenvalue weighted by molar-refractivity contribution is 5.38. The third kappa shape index (κ3) is 4.86. The first-order valence-corrected chi connectivity index (χ1v) is 7.13. The van der Waals surface area contributed by atoms with Crippen LogP contribution in [0.3, 0.4) is 0 Å². The molecule has 0 saturated heterocycles. The van der Waals surface area contributed by atoms with E-state index >= 15 is 0 Å². The zero-order valence-electron chi connectivity index (χ0n) is 13.4. The number of benzene rings is 1. The van der Waals surface area contributed by atoms with Crippen molar-refractivity contribution in [1.82, 2.24) is 5.32 Å². The summed E-state index contributed by atoms with van der Waals surface area (Å²) in [6, 6.07) is 8.47. The Balaban J connectivity index is 2.72. The first-order valence-electron chi connectivity index (χ1n) is 7.13. The van der Waals surface area contributed by atoms with Crippen LogP contribution in [-0.4, -0.2) is 18.7 Å². The van der Waals surface area contributed by atoms with E-state index < -0.39 is 0 Å². The molecule has 1 aromatic rings. The average molecular weight is 274 g/mol. The predicted molar refractivity (Wildman–Crippen MR) is 83.0 cm³/mol. The molecule has 3 heteroatoms. The Hall–Kier alpha value is -1.53. The van der Waals surface area contributed by atoms with Gasteiger partial charge in [0.2, 0.25) is 0 Å². The summed E-state index contributed by atoms with van der Waals surface area (Å²) in [4.78, 5) is 0. The maximum atomic E-state index is 9.08. The quantitative estimate of drug-likeness (QED) is 0.893. The van der Waals surface area contributed by atoms with E-state index in [1.165, 1.54) is 5.56 Å². The summed E-state index contributed by atoms with van der Waals surface area (Å²) in [7, 11) is 0. The number of hydrogen-bond acceptors (Lipinski definition) is 3. The number of nitrogens with zero attached hydrogens (tertiary/aromatic N) is 1. The van der Waals surface area contributed by atoms with Crippen molar-refractivity contribution in [3.8, 4) is 11.8 Å². The van der Waals surface area contributed by atoms with Gasteiger partial charge in [-0.25, -0.2) is 0 Å². The van der Waals surface area contributed by atoms with Crippen molar-refractivity contribution in [3.05, 3.63) is 29.3 Å². The summed E-state index contributed by atoms with van der Waals surface area (Å²) < 4.78 is 5.77. The molecule has 3 nitrogen and oxygen atoms in total.